The molecule has 1 N–H and O–H groups in total. The third kappa shape index (κ3) is 4.31. The van der Waals surface area contributed by atoms with Crippen LogP contribution in [0.2, 0.25) is 15.1 Å². The third-order valence-corrected chi connectivity index (χ3v) is 5.17. The predicted molar refractivity (Wildman–Crippen MR) is 105 cm³/mol. The summed E-state index contributed by atoms with van der Waals surface area (Å²) in [5.41, 5.74) is 0.278. The smallest absolute Gasteiger partial charge is 0.409 e. The van der Waals surface area contributed by atoms with Crippen molar-refractivity contribution < 1.29 is 9.53 Å². The minimum absolute atomic E-state index is 0.00814. The quantitative estimate of drug-likeness (QED) is 0.799. The Morgan fingerprint density at radius 1 is 1.33 bits per heavy atom. The summed E-state index contributed by atoms with van der Waals surface area (Å²) in [6, 6.07) is 4.67. The SMILES string of the molecule is COC(=O)N1CCCC(Nc2cnn(-c3ccc(Cl)cc3Cl)c(=O)c2Cl)C1. The Kier molecular flexibility index (Phi) is 6.14. The number of nitrogens with one attached hydrogen (secondary N) is 1. The number of piperidine rings is 1. The van der Waals surface area contributed by atoms with Crippen LogP contribution >= 0.6 is 34.8 Å². The van der Waals surface area contributed by atoms with Crippen molar-refractivity contribution in [1.29, 1.82) is 0 Å². The summed E-state index contributed by atoms with van der Waals surface area (Å²) < 4.78 is 5.88. The van der Waals surface area contributed by atoms with Crippen LogP contribution in [0.25, 0.3) is 5.69 Å². The molecule has 0 radical (unpaired) electrons. The summed E-state index contributed by atoms with van der Waals surface area (Å²) >= 11 is 18.3. The number of carbonyl (C=O) groups is 1. The molecule has 144 valence electrons. The molecule has 1 aliphatic heterocycles. The summed E-state index contributed by atoms with van der Waals surface area (Å²) in [7, 11) is 1.35. The molecule has 10 heteroatoms. The van der Waals surface area contributed by atoms with Gasteiger partial charge in [-0.05, 0) is 31.0 Å². The second-order valence-electron chi connectivity index (χ2n) is 6.08. The lowest BCUT2D eigenvalue weighted by Gasteiger charge is -2.32. The van der Waals surface area contributed by atoms with Gasteiger partial charge in [0.2, 0.25) is 0 Å². The molecule has 0 saturated carbocycles. The summed E-state index contributed by atoms with van der Waals surface area (Å²) in [6.45, 7) is 1.09. The van der Waals surface area contributed by atoms with Gasteiger partial charge in [0.15, 0.2) is 0 Å². The molecular formula is C17H17Cl3N4O3. The number of halogens is 3. The zero-order valence-electron chi connectivity index (χ0n) is 14.4. The molecule has 1 aromatic carbocycles. The Labute approximate surface area is 170 Å². The highest BCUT2D eigenvalue weighted by Crippen LogP contribution is 2.25. The Morgan fingerprint density at radius 2 is 2.11 bits per heavy atom. The van der Waals surface area contributed by atoms with Crippen LogP contribution in [-0.4, -0.2) is 47.0 Å². The number of methoxy groups -OCH3 is 1. The van der Waals surface area contributed by atoms with Crippen LogP contribution in [0.4, 0.5) is 10.5 Å². The zero-order valence-corrected chi connectivity index (χ0v) is 16.7. The van der Waals surface area contributed by atoms with E-state index in [0.29, 0.717) is 29.5 Å². The highest BCUT2D eigenvalue weighted by molar-refractivity contribution is 6.36. The van der Waals surface area contributed by atoms with Gasteiger partial charge in [-0.25, -0.2) is 4.79 Å². The van der Waals surface area contributed by atoms with Gasteiger partial charge in [0.1, 0.15) is 5.02 Å². The molecular weight excluding hydrogens is 415 g/mol. The van der Waals surface area contributed by atoms with E-state index in [0.717, 1.165) is 17.5 Å². The first kappa shape index (κ1) is 19.8. The van der Waals surface area contributed by atoms with Crippen molar-refractivity contribution in [2.45, 2.75) is 18.9 Å². The molecule has 1 fully saturated rings. The van der Waals surface area contributed by atoms with Gasteiger partial charge in [-0.3, -0.25) is 4.79 Å². The summed E-state index contributed by atoms with van der Waals surface area (Å²) in [6.07, 6.45) is 2.73. The van der Waals surface area contributed by atoms with E-state index < -0.39 is 5.56 Å². The lowest BCUT2D eigenvalue weighted by atomic mass is 10.1. The lowest BCUT2D eigenvalue weighted by molar-refractivity contribution is 0.113. The van der Waals surface area contributed by atoms with Crippen LogP contribution in [-0.2, 0) is 4.74 Å². The largest absolute Gasteiger partial charge is 0.453 e. The maximum Gasteiger partial charge on any atom is 0.409 e. The number of amides is 1. The number of carbonyl (C=O) groups excluding carboxylic acids is 1. The van der Waals surface area contributed by atoms with Crippen LogP contribution in [0.3, 0.4) is 0 Å². The average molecular weight is 432 g/mol. The molecule has 0 spiro atoms. The lowest BCUT2D eigenvalue weighted by Crippen LogP contribution is -2.45. The fourth-order valence-corrected chi connectivity index (χ4v) is 3.64. The molecule has 0 aliphatic carbocycles. The molecule has 1 amide bonds. The van der Waals surface area contributed by atoms with Crippen molar-refractivity contribution in [2.75, 3.05) is 25.5 Å². The fourth-order valence-electron chi connectivity index (χ4n) is 2.97. The standard InChI is InChI=1S/C17H17Cl3N4O3/c1-27-17(26)23-6-2-3-11(9-23)22-13-8-21-24(16(25)15(13)20)14-5-4-10(18)7-12(14)19/h4-5,7-8,11,22H,2-3,6,9H2,1H3. The molecule has 1 saturated heterocycles. The summed E-state index contributed by atoms with van der Waals surface area (Å²) in [5, 5.41) is 8.08. The number of rotatable bonds is 3. The Bertz CT molecular complexity index is 919. The van der Waals surface area contributed by atoms with Crippen molar-refractivity contribution in [3.63, 3.8) is 0 Å². The number of benzene rings is 1. The number of likely N-dealkylation sites (tertiary alicyclic amines) is 1. The molecule has 27 heavy (non-hydrogen) atoms. The average Bonchev–Trinajstić information content (AvgIpc) is 2.66. The van der Waals surface area contributed by atoms with Crippen molar-refractivity contribution in [3.05, 3.63) is 49.8 Å². The van der Waals surface area contributed by atoms with Crippen molar-refractivity contribution in [2.24, 2.45) is 0 Å². The molecule has 1 atom stereocenters. The Morgan fingerprint density at radius 3 is 2.81 bits per heavy atom. The molecule has 1 unspecified atom stereocenters. The van der Waals surface area contributed by atoms with Crippen molar-refractivity contribution in [1.82, 2.24) is 14.7 Å². The fraction of sp³-hybridized carbons (Fsp3) is 0.353. The van der Waals surface area contributed by atoms with Crippen LogP contribution in [0.15, 0.2) is 29.2 Å². The number of aromatic nitrogens is 2. The molecule has 0 bridgehead atoms. The van der Waals surface area contributed by atoms with Gasteiger partial charge in [-0.1, -0.05) is 34.8 Å². The first-order valence-electron chi connectivity index (χ1n) is 8.23. The number of hydrogen-bond acceptors (Lipinski definition) is 5. The first-order chi connectivity index (χ1) is 12.9. The minimum atomic E-state index is -0.508. The van der Waals surface area contributed by atoms with Gasteiger partial charge in [-0.2, -0.15) is 9.78 Å². The normalized spacial score (nSPS) is 16.9. The van der Waals surface area contributed by atoms with Gasteiger partial charge >= 0.3 is 6.09 Å². The molecule has 1 aliphatic rings. The van der Waals surface area contributed by atoms with E-state index in [2.05, 4.69) is 10.4 Å². The molecule has 2 aromatic rings. The Hall–Kier alpha value is -1.96. The first-order valence-corrected chi connectivity index (χ1v) is 9.36. The predicted octanol–water partition coefficient (Wildman–Crippen LogP) is 3.84. The van der Waals surface area contributed by atoms with Gasteiger partial charge in [0.25, 0.3) is 5.56 Å². The monoisotopic (exact) mass is 430 g/mol. The highest BCUT2D eigenvalue weighted by Gasteiger charge is 2.25. The van der Waals surface area contributed by atoms with E-state index >= 15 is 0 Å². The third-order valence-electron chi connectivity index (χ3n) is 4.27. The van der Waals surface area contributed by atoms with E-state index in [1.165, 1.54) is 19.4 Å². The molecule has 2 heterocycles. The molecule has 3 rings (SSSR count). The van der Waals surface area contributed by atoms with E-state index in [4.69, 9.17) is 39.5 Å². The molecule has 7 nitrogen and oxygen atoms in total. The van der Waals surface area contributed by atoms with Crippen molar-refractivity contribution in [3.8, 4) is 5.69 Å². The van der Waals surface area contributed by atoms with E-state index in [9.17, 15) is 9.59 Å². The topological polar surface area (TPSA) is 76.5 Å². The maximum absolute atomic E-state index is 12.6. The van der Waals surface area contributed by atoms with Gasteiger partial charge in [0.05, 0.1) is 29.7 Å². The van der Waals surface area contributed by atoms with Crippen molar-refractivity contribution >= 4 is 46.6 Å². The summed E-state index contributed by atoms with van der Waals surface area (Å²) in [5.74, 6) is 0. The van der Waals surface area contributed by atoms with Crippen LogP contribution in [0.5, 0.6) is 0 Å². The number of hydrogen-bond donors (Lipinski definition) is 1. The number of ether oxygens (including phenoxy) is 1. The summed E-state index contributed by atoms with van der Waals surface area (Å²) in [4.78, 5) is 26.0. The number of nitrogens with zero attached hydrogens (tertiary/aromatic N) is 3. The van der Waals surface area contributed by atoms with E-state index in [1.807, 2.05) is 0 Å². The van der Waals surface area contributed by atoms with Gasteiger partial charge in [-0.15, -0.1) is 0 Å². The zero-order chi connectivity index (χ0) is 19.6. The number of anilines is 1. The van der Waals surface area contributed by atoms with E-state index in [1.54, 1.807) is 17.0 Å². The second-order valence-corrected chi connectivity index (χ2v) is 7.31. The highest BCUT2D eigenvalue weighted by atomic mass is 35.5. The van der Waals surface area contributed by atoms with Crippen LogP contribution in [0, 0.1) is 0 Å². The molecule has 1 aromatic heterocycles. The minimum Gasteiger partial charge on any atom is -0.453 e. The maximum atomic E-state index is 12.6. The van der Waals surface area contributed by atoms with Crippen LogP contribution < -0.4 is 10.9 Å². The second kappa shape index (κ2) is 8.37. The Balaban J connectivity index is 1.83. The van der Waals surface area contributed by atoms with Gasteiger partial charge in [0, 0.05) is 24.2 Å². The van der Waals surface area contributed by atoms with Gasteiger partial charge < -0.3 is 15.0 Å². The van der Waals surface area contributed by atoms with Crippen LogP contribution in [0.1, 0.15) is 12.8 Å². The van der Waals surface area contributed by atoms with E-state index in [-0.39, 0.29) is 22.2 Å².